The van der Waals surface area contributed by atoms with Crippen LogP contribution in [0.5, 0.6) is 0 Å². The van der Waals surface area contributed by atoms with E-state index >= 15 is 0 Å². The standard InChI is InChI=1S/C21H29N3O6.C2H6/c1-20(2,3)29-15(25)11-22-10-13-8-9-23-17-16(13)14(18(26)28-7)12-24(17)19(27)30-21(4,5)6;1-2/h8-9,12,22H,10-11H2,1-7H3;1-2H3. The zero-order valence-electron chi connectivity index (χ0n) is 20.5. The van der Waals surface area contributed by atoms with Gasteiger partial charge in [0.2, 0.25) is 0 Å². The van der Waals surface area contributed by atoms with Crippen LogP contribution < -0.4 is 5.32 Å². The van der Waals surface area contributed by atoms with Gasteiger partial charge in [0, 0.05) is 24.3 Å². The monoisotopic (exact) mass is 449 g/mol. The van der Waals surface area contributed by atoms with Crippen LogP contribution in [-0.2, 0) is 25.5 Å². The molecular weight excluding hydrogens is 414 g/mol. The van der Waals surface area contributed by atoms with E-state index in [1.54, 1.807) is 47.6 Å². The van der Waals surface area contributed by atoms with Crippen LogP contribution in [0.2, 0.25) is 0 Å². The Hall–Kier alpha value is -2.94. The molecule has 9 heteroatoms. The Balaban J connectivity index is 0.00000249. The first-order chi connectivity index (χ1) is 14.8. The molecule has 0 aliphatic rings. The first-order valence-electron chi connectivity index (χ1n) is 10.6. The SMILES string of the molecule is CC.COC(=O)c1cn(C(=O)OC(C)(C)C)c2nccc(CNCC(=O)OC(C)(C)C)c12. The Morgan fingerprint density at radius 2 is 1.62 bits per heavy atom. The van der Waals surface area contributed by atoms with Crippen molar-refractivity contribution in [2.45, 2.75) is 73.1 Å². The maximum atomic E-state index is 12.6. The lowest BCUT2D eigenvalue weighted by molar-refractivity contribution is -0.153. The molecule has 0 unspecified atom stereocenters. The first kappa shape index (κ1) is 27.1. The van der Waals surface area contributed by atoms with Crippen LogP contribution in [0.15, 0.2) is 18.5 Å². The molecule has 2 rings (SSSR count). The summed E-state index contributed by atoms with van der Waals surface area (Å²) in [6, 6.07) is 1.70. The van der Waals surface area contributed by atoms with Gasteiger partial charge in [0.25, 0.3) is 0 Å². The van der Waals surface area contributed by atoms with Gasteiger partial charge < -0.3 is 19.5 Å². The molecule has 0 aliphatic carbocycles. The molecule has 178 valence electrons. The number of pyridine rings is 1. The Kier molecular flexibility index (Phi) is 9.38. The molecule has 0 saturated carbocycles. The molecule has 0 saturated heterocycles. The van der Waals surface area contributed by atoms with Crippen molar-refractivity contribution in [3.63, 3.8) is 0 Å². The number of ether oxygens (including phenoxy) is 3. The lowest BCUT2D eigenvalue weighted by Gasteiger charge is -2.19. The van der Waals surface area contributed by atoms with E-state index in [0.717, 1.165) is 0 Å². The van der Waals surface area contributed by atoms with Gasteiger partial charge in [-0.05, 0) is 53.2 Å². The van der Waals surface area contributed by atoms with Crippen molar-refractivity contribution in [3.05, 3.63) is 29.6 Å². The Labute approximate surface area is 189 Å². The van der Waals surface area contributed by atoms with Gasteiger partial charge in [-0.25, -0.2) is 19.1 Å². The molecular formula is C23H35N3O6. The fraction of sp³-hybridized carbons (Fsp3) is 0.565. The van der Waals surface area contributed by atoms with E-state index in [0.29, 0.717) is 10.9 Å². The highest BCUT2D eigenvalue weighted by atomic mass is 16.6. The fourth-order valence-corrected chi connectivity index (χ4v) is 2.76. The largest absolute Gasteiger partial charge is 0.465 e. The quantitative estimate of drug-likeness (QED) is 0.538. The minimum atomic E-state index is -0.717. The van der Waals surface area contributed by atoms with Crippen molar-refractivity contribution >= 4 is 29.1 Å². The number of hydrogen-bond acceptors (Lipinski definition) is 8. The molecule has 0 atom stereocenters. The van der Waals surface area contributed by atoms with E-state index in [2.05, 4.69) is 10.3 Å². The molecule has 2 heterocycles. The second-order valence-electron chi connectivity index (χ2n) is 8.74. The van der Waals surface area contributed by atoms with Crippen molar-refractivity contribution in [2.24, 2.45) is 0 Å². The number of carbonyl (C=O) groups excluding carboxylic acids is 3. The summed E-state index contributed by atoms with van der Waals surface area (Å²) in [4.78, 5) is 41.1. The highest BCUT2D eigenvalue weighted by Crippen LogP contribution is 2.25. The van der Waals surface area contributed by atoms with E-state index in [4.69, 9.17) is 14.2 Å². The predicted octanol–water partition coefficient (Wildman–Crippen LogP) is 4.06. The van der Waals surface area contributed by atoms with Crippen LogP contribution in [0.4, 0.5) is 4.79 Å². The predicted molar refractivity (Wildman–Crippen MR) is 122 cm³/mol. The van der Waals surface area contributed by atoms with Crippen LogP contribution in [0.3, 0.4) is 0 Å². The molecule has 0 fully saturated rings. The van der Waals surface area contributed by atoms with Gasteiger partial charge in [-0.1, -0.05) is 13.8 Å². The number of esters is 2. The summed E-state index contributed by atoms with van der Waals surface area (Å²) in [5.41, 5.74) is -0.176. The minimum absolute atomic E-state index is 0.0125. The summed E-state index contributed by atoms with van der Waals surface area (Å²) in [6.07, 6.45) is 2.22. The molecule has 1 N–H and O–H groups in total. The molecule has 32 heavy (non-hydrogen) atoms. The number of rotatable bonds is 5. The van der Waals surface area contributed by atoms with Crippen LogP contribution in [0.1, 0.15) is 71.3 Å². The lowest BCUT2D eigenvalue weighted by Crippen LogP contribution is -2.31. The zero-order valence-corrected chi connectivity index (χ0v) is 20.5. The van der Waals surface area contributed by atoms with Crippen LogP contribution in [0.25, 0.3) is 11.0 Å². The number of fused-ring (bicyclic) bond motifs is 1. The summed E-state index contributed by atoms with van der Waals surface area (Å²) in [5.74, 6) is -1.00. The maximum absolute atomic E-state index is 12.6. The van der Waals surface area contributed by atoms with E-state index in [1.807, 2.05) is 13.8 Å². The van der Waals surface area contributed by atoms with Crippen molar-refractivity contribution in [2.75, 3.05) is 13.7 Å². The normalized spacial score (nSPS) is 11.4. The second-order valence-corrected chi connectivity index (χ2v) is 8.74. The molecule has 2 aromatic heterocycles. The molecule has 9 nitrogen and oxygen atoms in total. The zero-order chi connectivity index (χ0) is 24.7. The summed E-state index contributed by atoms with van der Waals surface area (Å²) in [6.45, 7) is 14.9. The number of carbonyl (C=O) groups is 3. The third-order valence-electron chi connectivity index (χ3n) is 3.77. The molecule has 0 aromatic carbocycles. The Morgan fingerprint density at radius 1 is 1.03 bits per heavy atom. The summed E-state index contributed by atoms with van der Waals surface area (Å²) >= 11 is 0. The van der Waals surface area contributed by atoms with Crippen molar-refractivity contribution in [1.82, 2.24) is 14.9 Å². The molecule has 0 spiro atoms. The van der Waals surface area contributed by atoms with E-state index in [9.17, 15) is 14.4 Å². The van der Waals surface area contributed by atoms with Crippen LogP contribution >= 0.6 is 0 Å². The third-order valence-corrected chi connectivity index (χ3v) is 3.77. The number of aromatic nitrogens is 2. The van der Waals surface area contributed by atoms with Crippen LogP contribution in [0, 0.1) is 0 Å². The van der Waals surface area contributed by atoms with E-state index < -0.39 is 29.2 Å². The van der Waals surface area contributed by atoms with E-state index in [-0.39, 0.29) is 24.3 Å². The number of hydrogen-bond donors (Lipinski definition) is 1. The van der Waals surface area contributed by atoms with Gasteiger partial charge >= 0.3 is 18.0 Å². The lowest BCUT2D eigenvalue weighted by atomic mass is 10.1. The highest BCUT2D eigenvalue weighted by Gasteiger charge is 2.25. The van der Waals surface area contributed by atoms with Crippen molar-refractivity contribution < 1.29 is 28.6 Å². The molecule has 0 bridgehead atoms. The summed E-state index contributed by atoms with van der Waals surface area (Å²) in [7, 11) is 1.26. The minimum Gasteiger partial charge on any atom is -0.465 e. The summed E-state index contributed by atoms with van der Waals surface area (Å²) in [5, 5.41) is 3.45. The van der Waals surface area contributed by atoms with E-state index in [1.165, 1.54) is 24.1 Å². The summed E-state index contributed by atoms with van der Waals surface area (Å²) < 4.78 is 16.7. The second kappa shape index (κ2) is 11.1. The number of methoxy groups -OCH3 is 1. The van der Waals surface area contributed by atoms with Gasteiger partial charge in [-0.3, -0.25) is 4.79 Å². The third kappa shape index (κ3) is 7.64. The topological polar surface area (TPSA) is 109 Å². The smallest absolute Gasteiger partial charge is 0.420 e. The van der Waals surface area contributed by atoms with Gasteiger partial charge in [0.15, 0.2) is 5.65 Å². The average Bonchev–Trinajstić information content (AvgIpc) is 3.07. The molecule has 0 radical (unpaired) electrons. The van der Waals surface area contributed by atoms with Crippen molar-refractivity contribution in [3.8, 4) is 0 Å². The van der Waals surface area contributed by atoms with Crippen molar-refractivity contribution in [1.29, 1.82) is 0 Å². The number of nitrogens with zero attached hydrogens (tertiary/aromatic N) is 2. The first-order valence-corrected chi connectivity index (χ1v) is 10.6. The maximum Gasteiger partial charge on any atom is 0.420 e. The highest BCUT2D eigenvalue weighted by molar-refractivity contribution is 6.06. The van der Waals surface area contributed by atoms with Gasteiger partial charge in [0.1, 0.15) is 11.2 Å². The van der Waals surface area contributed by atoms with Gasteiger partial charge in [-0.2, -0.15) is 0 Å². The Morgan fingerprint density at radius 3 is 2.16 bits per heavy atom. The van der Waals surface area contributed by atoms with Gasteiger partial charge in [-0.15, -0.1) is 0 Å². The van der Waals surface area contributed by atoms with Crippen LogP contribution in [-0.4, -0.2) is 52.4 Å². The molecule has 0 amide bonds. The van der Waals surface area contributed by atoms with Gasteiger partial charge in [0.05, 0.1) is 19.2 Å². The number of nitrogens with one attached hydrogen (secondary N) is 1. The molecule has 2 aromatic rings. The Bertz CT molecular complexity index is 951. The fourth-order valence-electron chi connectivity index (χ4n) is 2.76. The average molecular weight is 450 g/mol. The molecule has 0 aliphatic heterocycles.